The first-order valence-electron chi connectivity index (χ1n) is 14.4. The fourth-order valence-electron chi connectivity index (χ4n) is 5.57. The number of nitrogens with zero attached hydrogens (tertiary/aromatic N) is 4. The van der Waals surface area contributed by atoms with Crippen LogP contribution in [0.15, 0.2) is 124 Å². The van der Waals surface area contributed by atoms with Crippen LogP contribution in [0.4, 0.5) is 17.3 Å². The summed E-state index contributed by atoms with van der Waals surface area (Å²) in [5.41, 5.74) is 3.40. The lowest BCUT2D eigenvalue weighted by molar-refractivity contribution is 0.113. The second kappa shape index (κ2) is 11.6. The average molecular weight is 604 g/mol. The van der Waals surface area contributed by atoms with E-state index in [9.17, 15) is 13.5 Å². The fourth-order valence-corrected chi connectivity index (χ4v) is 7.24. The largest absolute Gasteiger partial charge is 0.456 e. The van der Waals surface area contributed by atoms with Crippen LogP contribution in [-0.4, -0.2) is 47.0 Å². The Hall–Kier alpha value is -4.90. The van der Waals surface area contributed by atoms with Gasteiger partial charge in [-0.25, -0.2) is 23.4 Å². The van der Waals surface area contributed by atoms with Crippen LogP contribution in [0.3, 0.4) is 0 Å². The van der Waals surface area contributed by atoms with Gasteiger partial charge in [0, 0.05) is 65.4 Å². The SMILES string of the molecule is O=S(=O)(c1ccccc1-c1c2ccc(=Nc3ccccn3)cc-2oc2cc(Nc3ccccn3)ccc12)N1CCC(O)CC1. The van der Waals surface area contributed by atoms with Crippen LogP contribution in [0, 0.1) is 0 Å². The number of nitrogens with one attached hydrogen (secondary N) is 1. The molecule has 7 rings (SSSR count). The zero-order valence-electron chi connectivity index (χ0n) is 23.7. The molecule has 4 heterocycles. The molecule has 0 amide bonds. The lowest BCUT2D eigenvalue weighted by Gasteiger charge is -2.29. The number of anilines is 2. The van der Waals surface area contributed by atoms with Crippen molar-refractivity contribution in [3.8, 4) is 22.5 Å². The predicted octanol–water partition coefficient (Wildman–Crippen LogP) is 6.12. The van der Waals surface area contributed by atoms with Crippen molar-refractivity contribution >= 4 is 38.3 Å². The van der Waals surface area contributed by atoms with Gasteiger partial charge in [0.1, 0.15) is 17.2 Å². The van der Waals surface area contributed by atoms with E-state index in [2.05, 4.69) is 20.3 Å². The Bertz CT molecular complexity index is 2090. The first kappa shape index (κ1) is 27.9. The highest BCUT2D eigenvalue weighted by molar-refractivity contribution is 7.89. The van der Waals surface area contributed by atoms with Crippen LogP contribution >= 0.6 is 0 Å². The van der Waals surface area contributed by atoms with Crippen molar-refractivity contribution in [2.45, 2.75) is 23.8 Å². The molecule has 1 aliphatic carbocycles. The van der Waals surface area contributed by atoms with Crippen molar-refractivity contribution in [3.05, 3.63) is 115 Å². The first-order chi connectivity index (χ1) is 21.5. The lowest BCUT2D eigenvalue weighted by Crippen LogP contribution is -2.40. The highest BCUT2D eigenvalue weighted by Gasteiger charge is 2.32. The minimum Gasteiger partial charge on any atom is -0.456 e. The van der Waals surface area contributed by atoms with E-state index < -0.39 is 16.1 Å². The van der Waals surface area contributed by atoms with Gasteiger partial charge in [-0.2, -0.15) is 4.31 Å². The topological polar surface area (TPSA) is 121 Å². The Kier molecular flexibility index (Phi) is 7.39. The third-order valence-corrected chi connectivity index (χ3v) is 9.69. The van der Waals surface area contributed by atoms with Crippen molar-refractivity contribution in [2.75, 3.05) is 18.4 Å². The van der Waals surface area contributed by atoms with Crippen LogP contribution < -0.4 is 10.7 Å². The molecule has 9 nitrogen and oxygen atoms in total. The zero-order chi connectivity index (χ0) is 30.1. The molecule has 1 saturated heterocycles. The summed E-state index contributed by atoms with van der Waals surface area (Å²) in [4.78, 5) is 13.5. The van der Waals surface area contributed by atoms with Gasteiger partial charge in [0.25, 0.3) is 0 Å². The van der Waals surface area contributed by atoms with E-state index in [0.717, 1.165) is 22.2 Å². The Morgan fingerprint density at radius 3 is 2.39 bits per heavy atom. The van der Waals surface area contributed by atoms with Gasteiger partial charge in [-0.1, -0.05) is 30.3 Å². The van der Waals surface area contributed by atoms with Crippen LogP contribution in [0.2, 0.25) is 0 Å². The van der Waals surface area contributed by atoms with Gasteiger partial charge in [-0.15, -0.1) is 0 Å². The summed E-state index contributed by atoms with van der Waals surface area (Å²) >= 11 is 0. The molecule has 2 aliphatic heterocycles. The maximum atomic E-state index is 14.1. The van der Waals surface area contributed by atoms with E-state index in [-0.39, 0.29) is 18.0 Å². The van der Waals surface area contributed by atoms with Crippen molar-refractivity contribution in [1.82, 2.24) is 14.3 Å². The monoisotopic (exact) mass is 603 g/mol. The summed E-state index contributed by atoms with van der Waals surface area (Å²) in [6, 6.07) is 29.6. The molecule has 44 heavy (non-hydrogen) atoms. The van der Waals surface area contributed by atoms with Gasteiger partial charge in [0.15, 0.2) is 5.82 Å². The second-order valence-electron chi connectivity index (χ2n) is 10.6. The first-order valence-corrected chi connectivity index (χ1v) is 15.8. The van der Waals surface area contributed by atoms with E-state index in [1.165, 1.54) is 4.31 Å². The van der Waals surface area contributed by atoms with E-state index in [1.54, 1.807) is 24.5 Å². The fraction of sp³-hybridized carbons (Fsp3) is 0.147. The average Bonchev–Trinajstić information content (AvgIpc) is 3.05. The molecule has 10 heteroatoms. The van der Waals surface area contributed by atoms with Gasteiger partial charge in [0.05, 0.1) is 16.4 Å². The van der Waals surface area contributed by atoms with E-state index in [1.807, 2.05) is 84.9 Å². The van der Waals surface area contributed by atoms with E-state index in [4.69, 9.17) is 4.42 Å². The quantitative estimate of drug-likeness (QED) is 0.220. The van der Waals surface area contributed by atoms with Gasteiger partial charge < -0.3 is 14.8 Å². The second-order valence-corrected chi connectivity index (χ2v) is 12.5. The number of rotatable bonds is 6. The number of aromatic nitrogens is 2. The Morgan fingerprint density at radius 1 is 0.841 bits per heavy atom. The molecule has 220 valence electrons. The molecule has 0 spiro atoms. The molecule has 2 aromatic carbocycles. The number of hydrogen-bond acceptors (Lipinski definition) is 8. The molecule has 0 bridgehead atoms. The third-order valence-electron chi connectivity index (χ3n) is 7.73. The Morgan fingerprint density at radius 2 is 1.61 bits per heavy atom. The summed E-state index contributed by atoms with van der Waals surface area (Å²) in [7, 11) is -3.86. The molecule has 0 radical (unpaired) electrons. The molecule has 4 aromatic rings. The predicted molar refractivity (Wildman–Crippen MR) is 169 cm³/mol. The molecule has 0 unspecified atom stereocenters. The van der Waals surface area contributed by atoms with Crippen LogP contribution in [-0.2, 0) is 10.0 Å². The molecule has 2 N–H and O–H groups in total. The molecule has 1 fully saturated rings. The van der Waals surface area contributed by atoms with Crippen LogP contribution in [0.5, 0.6) is 0 Å². The van der Waals surface area contributed by atoms with E-state index >= 15 is 0 Å². The number of fused-ring (bicyclic) bond motifs is 2. The number of pyridine rings is 2. The molecule has 0 atom stereocenters. The third kappa shape index (κ3) is 5.46. The number of piperidine rings is 1. The number of hydrogen-bond donors (Lipinski definition) is 2. The van der Waals surface area contributed by atoms with Gasteiger partial charge in [-0.3, -0.25) is 0 Å². The van der Waals surface area contributed by atoms with Gasteiger partial charge >= 0.3 is 0 Å². The highest BCUT2D eigenvalue weighted by Crippen LogP contribution is 2.43. The number of aliphatic hydroxyl groups excluding tert-OH is 1. The molecule has 3 aliphatic rings. The summed E-state index contributed by atoms with van der Waals surface area (Å²) in [5, 5.41) is 14.7. The summed E-state index contributed by atoms with van der Waals surface area (Å²) in [6.45, 7) is 0.536. The van der Waals surface area contributed by atoms with Crippen molar-refractivity contribution in [3.63, 3.8) is 0 Å². The minimum atomic E-state index is -3.86. The lowest BCUT2D eigenvalue weighted by atomic mass is 9.93. The van der Waals surface area contributed by atoms with E-state index in [0.29, 0.717) is 46.7 Å². The maximum Gasteiger partial charge on any atom is 0.243 e. The number of benzene rings is 3. The summed E-state index contributed by atoms with van der Waals surface area (Å²) in [6.07, 6.45) is 3.73. The zero-order valence-corrected chi connectivity index (χ0v) is 24.5. The minimum absolute atomic E-state index is 0.211. The Balaban J connectivity index is 1.44. The summed E-state index contributed by atoms with van der Waals surface area (Å²) in [5.74, 6) is 1.80. The molecule has 2 aromatic heterocycles. The molecule has 0 saturated carbocycles. The van der Waals surface area contributed by atoms with Crippen molar-refractivity contribution in [1.29, 1.82) is 0 Å². The Labute approximate surface area is 254 Å². The van der Waals surface area contributed by atoms with Crippen molar-refractivity contribution in [2.24, 2.45) is 4.99 Å². The van der Waals surface area contributed by atoms with Gasteiger partial charge in [-0.05, 0) is 67.4 Å². The normalized spacial score (nSPS) is 15.2. The standard InChI is InChI=1S/C34H29N5O4S/c40-25-15-19-39(20-16-25)44(41,42)31-8-2-1-7-28(31)34-26-13-11-23(37-32-9-3-5-17-35-32)21-29(26)43-30-22-24(12-14-27(30)34)38-33-10-4-6-18-36-33/h1-14,17-18,21-22,25,40H,15-16,19-20H2,(H,35,37). The molecular weight excluding hydrogens is 574 g/mol. The number of sulfonamides is 1. The maximum absolute atomic E-state index is 14.1. The van der Waals surface area contributed by atoms with Crippen LogP contribution in [0.1, 0.15) is 12.8 Å². The van der Waals surface area contributed by atoms with Gasteiger partial charge in [0.2, 0.25) is 10.0 Å². The smallest absolute Gasteiger partial charge is 0.243 e. The molecular formula is C34H29N5O4S. The number of aliphatic hydroxyl groups is 1. The highest BCUT2D eigenvalue weighted by atomic mass is 32.2. The summed E-state index contributed by atoms with van der Waals surface area (Å²) < 4.78 is 36.1. The van der Waals surface area contributed by atoms with Crippen molar-refractivity contribution < 1.29 is 17.9 Å². The van der Waals surface area contributed by atoms with Crippen LogP contribution in [0.25, 0.3) is 33.4 Å².